The van der Waals surface area contributed by atoms with Gasteiger partial charge in [0.1, 0.15) is 11.4 Å². The maximum absolute atomic E-state index is 11.2. The SMILES string of the molecule is O=C(O)c1nccnc1-c1ccc2c(c1)CCCO2. The number of hydrogen-bond acceptors (Lipinski definition) is 4. The van der Waals surface area contributed by atoms with Crippen LogP contribution in [0.15, 0.2) is 30.6 Å². The average Bonchev–Trinajstić information content (AvgIpc) is 2.46. The van der Waals surface area contributed by atoms with E-state index in [1.165, 1.54) is 12.4 Å². The minimum atomic E-state index is -1.07. The van der Waals surface area contributed by atoms with Crippen molar-refractivity contribution in [3.63, 3.8) is 0 Å². The normalized spacial score (nSPS) is 13.5. The Morgan fingerprint density at radius 3 is 2.95 bits per heavy atom. The minimum absolute atomic E-state index is 0.0285. The molecule has 5 heteroatoms. The monoisotopic (exact) mass is 256 g/mol. The molecule has 0 amide bonds. The van der Waals surface area contributed by atoms with E-state index in [1.54, 1.807) is 0 Å². The molecule has 0 unspecified atom stereocenters. The standard InChI is InChI=1S/C14H12N2O3/c17-14(18)13-12(15-5-6-16-13)10-3-4-11-9(8-10)2-1-7-19-11/h3-6,8H,1-2,7H2,(H,17,18). The molecule has 1 aromatic carbocycles. The molecule has 0 bridgehead atoms. The van der Waals surface area contributed by atoms with Gasteiger partial charge in [0.25, 0.3) is 0 Å². The molecule has 0 spiro atoms. The number of benzene rings is 1. The average molecular weight is 256 g/mol. The molecule has 0 saturated carbocycles. The maximum atomic E-state index is 11.2. The van der Waals surface area contributed by atoms with Crippen LogP contribution in [0.3, 0.4) is 0 Å². The number of aromatic nitrogens is 2. The molecule has 2 aromatic rings. The van der Waals surface area contributed by atoms with Gasteiger partial charge in [-0.2, -0.15) is 0 Å². The van der Waals surface area contributed by atoms with E-state index in [-0.39, 0.29) is 5.69 Å². The number of nitrogens with zero attached hydrogens (tertiary/aromatic N) is 2. The van der Waals surface area contributed by atoms with Crippen LogP contribution in [0, 0.1) is 0 Å². The molecule has 1 aromatic heterocycles. The van der Waals surface area contributed by atoms with Crippen LogP contribution < -0.4 is 4.74 Å². The van der Waals surface area contributed by atoms with Crippen molar-refractivity contribution in [1.82, 2.24) is 9.97 Å². The van der Waals surface area contributed by atoms with Gasteiger partial charge in [-0.15, -0.1) is 0 Å². The van der Waals surface area contributed by atoms with Crippen molar-refractivity contribution < 1.29 is 14.6 Å². The second-order valence-electron chi connectivity index (χ2n) is 4.33. The fourth-order valence-corrected chi connectivity index (χ4v) is 2.21. The predicted octanol–water partition coefficient (Wildman–Crippen LogP) is 2.17. The number of aryl methyl sites for hydroxylation is 1. The highest BCUT2D eigenvalue weighted by atomic mass is 16.5. The Bertz CT molecular complexity index is 640. The van der Waals surface area contributed by atoms with Gasteiger partial charge in [0, 0.05) is 18.0 Å². The zero-order valence-electron chi connectivity index (χ0n) is 10.2. The summed E-state index contributed by atoms with van der Waals surface area (Å²) in [5.74, 6) is -0.201. The number of carboxylic acid groups (broad SMARTS) is 1. The third-order valence-corrected chi connectivity index (χ3v) is 3.08. The number of hydrogen-bond donors (Lipinski definition) is 1. The molecule has 1 aliphatic heterocycles. The lowest BCUT2D eigenvalue weighted by Gasteiger charge is -2.17. The van der Waals surface area contributed by atoms with Gasteiger partial charge in [-0.05, 0) is 36.6 Å². The highest BCUT2D eigenvalue weighted by Crippen LogP contribution is 2.30. The van der Waals surface area contributed by atoms with Crippen molar-refractivity contribution in [2.75, 3.05) is 6.61 Å². The van der Waals surface area contributed by atoms with Crippen LogP contribution in [0.5, 0.6) is 5.75 Å². The Balaban J connectivity index is 2.10. The highest BCUT2D eigenvalue weighted by Gasteiger charge is 2.17. The lowest BCUT2D eigenvalue weighted by Crippen LogP contribution is -2.09. The molecular formula is C14H12N2O3. The van der Waals surface area contributed by atoms with Gasteiger partial charge >= 0.3 is 5.97 Å². The summed E-state index contributed by atoms with van der Waals surface area (Å²) in [6, 6.07) is 5.62. The van der Waals surface area contributed by atoms with Crippen LogP contribution in [0.1, 0.15) is 22.5 Å². The van der Waals surface area contributed by atoms with Gasteiger partial charge in [0.2, 0.25) is 0 Å². The smallest absolute Gasteiger partial charge is 0.356 e. The molecule has 0 radical (unpaired) electrons. The second kappa shape index (κ2) is 4.68. The van der Waals surface area contributed by atoms with Gasteiger partial charge in [-0.25, -0.2) is 9.78 Å². The Morgan fingerprint density at radius 1 is 1.26 bits per heavy atom. The van der Waals surface area contributed by atoms with E-state index in [9.17, 15) is 4.79 Å². The molecule has 19 heavy (non-hydrogen) atoms. The molecule has 1 aliphatic rings. The van der Waals surface area contributed by atoms with Crippen LogP contribution in [0.2, 0.25) is 0 Å². The van der Waals surface area contributed by atoms with Gasteiger partial charge in [0.15, 0.2) is 5.69 Å². The lowest BCUT2D eigenvalue weighted by atomic mass is 10.0. The first kappa shape index (κ1) is 11.6. The summed E-state index contributed by atoms with van der Waals surface area (Å²) in [6.07, 6.45) is 4.79. The van der Waals surface area contributed by atoms with E-state index in [2.05, 4.69) is 9.97 Å². The van der Waals surface area contributed by atoms with E-state index in [0.717, 1.165) is 36.3 Å². The first-order valence-electron chi connectivity index (χ1n) is 6.06. The molecule has 5 nitrogen and oxygen atoms in total. The highest BCUT2D eigenvalue weighted by molar-refractivity contribution is 5.92. The first-order valence-corrected chi connectivity index (χ1v) is 6.06. The summed E-state index contributed by atoms with van der Waals surface area (Å²) in [5.41, 5.74) is 2.21. The molecule has 96 valence electrons. The van der Waals surface area contributed by atoms with E-state index in [4.69, 9.17) is 9.84 Å². The van der Waals surface area contributed by atoms with Gasteiger partial charge in [-0.3, -0.25) is 4.98 Å². The number of aromatic carboxylic acids is 1. The van der Waals surface area contributed by atoms with Gasteiger partial charge in [0.05, 0.1) is 6.61 Å². The van der Waals surface area contributed by atoms with E-state index in [1.807, 2.05) is 18.2 Å². The van der Waals surface area contributed by atoms with Crippen molar-refractivity contribution in [1.29, 1.82) is 0 Å². The van der Waals surface area contributed by atoms with Crippen LogP contribution in [0.4, 0.5) is 0 Å². The number of fused-ring (bicyclic) bond motifs is 1. The Morgan fingerprint density at radius 2 is 2.11 bits per heavy atom. The fraction of sp³-hybridized carbons (Fsp3) is 0.214. The fourth-order valence-electron chi connectivity index (χ4n) is 2.21. The molecule has 2 heterocycles. The Kier molecular flexibility index (Phi) is 2.87. The number of carboxylic acids is 1. The summed E-state index contributed by atoms with van der Waals surface area (Å²) in [4.78, 5) is 19.2. The van der Waals surface area contributed by atoms with Crippen molar-refractivity contribution in [3.05, 3.63) is 41.9 Å². The summed E-state index contributed by atoms with van der Waals surface area (Å²) < 4.78 is 5.54. The van der Waals surface area contributed by atoms with E-state index >= 15 is 0 Å². The second-order valence-corrected chi connectivity index (χ2v) is 4.33. The zero-order chi connectivity index (χ0) is 13.2. The third kappa shape index (κ3) is 2.14. The molecule has 1 N–H and O–H groups in total. The number of rotatable bonds is 2. The molecule has 0 atom stereocenters. The Labute approximate surface area is 109 Å². The largest absolute Gasteiger partial charge is 0.493 e. The van der Waals surface area contributed by atoms with Crippen LogP contribution in [0.25, 0.3) is 11.3 Å². The van der Waals surface area contributed by atoms with Crippen molar-refractivity contribution in [2.45, 2.75) is 12.8 Å². The molecule has 3 rings (SSSR count). The van der Waals surface area contributed by atoms with Crippen molar-refractivity contribution in [2.24, 2.45) is 0 Å². The number of ether oxygens (including phenoxy) is 1. The predicted molar refractivity (Wildman–Crippen MR) is 68.2 cm³/mol. The van der Waals surface area contributed by atoms with Gasteiger partial charge in [-0.1, -0.05) is 0 Å². The maximum Gasteiger partial charge on any atom is 0.356 e. The first-order chi connectivity index (χ1) is 9.25. The molecular weight excluding hydrogens is 244 g/mol. The van der Waals surface area contributed by atoms with E-state index < -0.39 is 5.97 Å². The minimum Gasteiger partial charge on any atom is -0.493 e. The van der Waals surface area contributed by atoms with Crippen LogP contribution in [-0.4, -0.2) is 27.7 Å². The third-order valence-electron chi connectivity index (χ3n) is 3.08. The van der Waals surface area contributed by atoms with Crippen LogP contribution in [-0.2, 0) is 6.42 Å². The molecule has 0 fully saturated rings. The van der Waals surface area contributed by atoms with Gasteiger partial charge < -0.3 is 9.84 Å². The summed E-state index contributed by atoms with van der Waals surface area (Å²) in [7, 11) is 0. The molecule has 0 aliphatic carbocycles. The van der Waals surface area contributed by atoms with E-state index in [0.29, 0.717) is 5.69 Å². The lowest BCUT2D eigenvalue weighted by molar-refractivity contribution is 0.0691. The summed E-state index contributed by atoms with van der Waals surface area (Å²) in [6.45, 7) is 0.734. The quantitative estimate of drug-likeness (QED) is 0.891. The summed E-state index contributed by atoms with van der Waals surface area (Å²) >= 11 is 0. The topological polar surface area (TPSA) is 72.3 Å². The Hall–Kier alpha value is -2.43. The van der Waals surface area contributed by atoms with Crippen molar-refractivity contribution >= 4 is 5.97 Å². The molecule has 0 saturated heterocycles. The summed E-state index contributed by atoms with van der Waals surface area (Å²) in [5, 5.41) is 9.14. The number of carbonyl (C=O) groups is 1. The van der Waals surface area contributed by atoms with Crippen molar-refractivity contribution in [3.8, 4) is 17.0 Å². The van der Waals surface area contributed by atoms with Crippen LogP contribution >= 0.6 is 0 Å². The zero-order valence-corrected chi connectivity index (χ0v) is 10.2.